The summed E-state index contributed by atoms with van der Waals surface area (Å²) in [7, 11) is 0. The average molecular weight is 315 g/mol. The van der Waals surface area contributed by atoms with E-state index in [2.05, 4.69) is 17.6 Å². The molecule has 1 aromatic rings. The highest BCUT2D eigenvalue weighted by Gasteiger charge is 2.26. The van der Waals surface area contributed by atoms with Gasteiger partial charge < -0.3 is 10.6 Å². The fraction of sp³-hybridized carbons (Fsp3) is 0.533. The van der Waals surface area contributed by atoms with Gasteiger partial charge in [-0.2, -0.15) is 0 Å². The standard InChI is InChI=1S/C15H20Cl2N2O/c1-9-7-11(5-6-18-9)15(20)19-10(2)13-4-3-12(16)8-14(13)17/h3-4,8-11,18H,5-7H2,1-2H3,(H,19,20). The van der Waals surface area contributed by atoms with E-state index in [-0.39, 0.29) is 17.9 Å². The van der Waals surface area contributed by atoms with E-state index in [0.29, 0.717) is 16.1 Å². The quantitative estimate of drug-likeness (QED) is 0.895. The molecule has 1 aromatic carbocycles. The topological polar surface area (TPSA) is 41.1 Å². The Morgan fingerprint density at radius 3 is 2.85 bits per heavy atom. The van der Waals surface area contributed by atoms with E-state index in [1.165, 1.54) is 0 Å². The predicted octanol–water partition coefficient (Wildman–Crippen LogP) is 3.56. The summed E-state index contributed by atoms with van der Waals surface area (Å²) >= 11 is 12.1. The van der Waals surface area contributed by atoms with Crippen molar-refractivity contribution in [3.8, 4) is 0 Å². The van der Waals surface area contributed by atoms with E-state index in [1.54, 1.807) is 12.1 Å². The van der Waals surface area contributed by atoms with Crippen LogP contribution in [0.4, 0.5) is 0 Å². The minimum atomic E-state index is -0.113. The molecule has 0 aliphatic carbocycles. The van der Waals surface area contributed by atoms with Gasteiger partial charge in [0.05, 0.1) is 6.04 Å². The van der Waals surface area contributed by atoms with Crippen molar-refractivity contribution in [3.05, 3.63) is 33.8 Å². The smallest absolute Gasteiger partial charge is 0.223 e. The maximum atomic E-state index is 12.3. The average Bonchev–Trinajstić information content (AvgIpc) is 2.38. The third kappa shape index (κ3) is 3.87. The number of rotatable bonds is 3. The van der Waals surface area contributed by atoms with Gasteiger partial charge in [-0.25, -0.2) is 0 Å². The van der Waals surface area contributed by atoms with Crippen molar-refractivity contribution in [2.24, 2.45) is 5.92 Å². The van der Waals surface area contributed by atoms with E-state index < -0.39 is 0 Å². The van der Waals surface area contributed by atoms with Gasteiger partial charge in [-0.3, -0.25) is 4.79 Å². The fourth-order valence-corrected chi connectivity index (χ4v) is 3.20. The lowest BCUT2D eigenvalue weighted by Crippen LogP contribution is -2.43. The molecule has 0 saturated carbocycles. The zero-order valence-corrected chi connectivity index (χ0v) is 13.3. The Balaban J connectivity index is 1.99. The molecule has 1 heterocycles. The maximum Gasteiger partial charge on any atom is 0.223 e. The highest BCUT2D eigenvalue weighted by molar-refractivity contribution is 6.35. The summed E-state index contributed by atoms with van der Waals surface area (Å²) < 4.78 is 0. The van der Waals surface area contributed by atoms with E-state index in [4.69, 9.17) is 23.2 Å². The van der Waals surface area contributed by atoms with Crippen molar-refractivity contribution in [3.63, 3.8) is 0 Å². The molecule has 20 heavy (non-hydrogen) atoms. The van der Waals surface area contributed by atoms with Gasteiger partial charge in [0.15, 0.2) is 0 Å². The third-order valence-corrected chi connectivity index (χ3v) is 4.34. The van der Waals surface area contributed by atoms with Crippen molar-refractivity contribution in [2.45, 2.75) is 38.8 Å². The van der Waals surface area contributed by atoms with Gasteiger partial charge in [0.2, 0.25) is 5.91 Å². The Morgan fingerprint density at radius 1 is 1.45 bits per heavy atom. The zero-order chi connectivity index (χ0) is 14.7. The normalized spacial score (nSPS) is 24.2. The predicted molar refractivity (Wildman–Crippen MR) is 83.2 cm³/mol. The SMILES string of the molecule is CC1CC(C(=O)NC(C)c2ccc(Cl)cc2Cl)CCN1. The molecule has 110 valence electrons. The number of carbonyl (C=O) groups excluding carboxylic acids is 1. The Morgan fingerprint density at radius 2 is 2.20 bits per heavy atom. The van der Waals surface area contributed by atoms with Crippen LogP contribution in [-0.4, -0.2) is 18.5 Å². The Bertz CT molecular complexity index is 493. The van der Waals surface area contributed by atoms with Crippen LogP contribution in [0.1, 0.15) is 38.3 Å². The zero-order valence-electron chi connectivity index (χ0n) is 11.7. The number of hydrogen-bond acceptors (Lipinski definition) is 2. The highest BCUT2D eigenvalue weighted by atomic mass is 35.5. The van der Waals surface area contributed by atoms with Crippen LogP contribution in [-0.2, 0) is 4.79 Å². The molecule has 0 spiro atoms. The number of benzene rings is 1. The van der Waals surface area contributed by atoms with Crippen molar-refractivity contribution >= 4 is 29.1 Å². The first-order chi connectivity index (χ1) is 9.47. The molecule has 0 radical (unpaired) electrons. The summed E-state index contributed by atoms with van der Waals surface area (Å²) in [5.74, 6) is 0.191. The number of piperidine rings is 1. The van der Waals surface area contributed by atoms with Gasteiger partial charge in [0, 0.05) is 22.0 Å². The number of amides is 1. The van der Waals surface area contributed by atoms with Gasteiger partial charge in [-0.15, -0.1) is 0 Å². The summed E-state index contributed by atoms with van der Waals surface area (Å²) in [5.41, 5.74) is 0.895. The molecule has 1 aliphatic heterocycles. The molecule has 5 heteroatoms. The first-order valence-corrected chi connectivity index (χ1v) is 7.71. The van der Waals surface area contributed by atoms with Crippen LogP contribution in [0.5, 0.6) is 0 Å². The summed E-state index contributed by atoms with van der Waals surface area (Å²) in [6.45, 7) is 4.95. The maximum absolute atomic E-state index is 12.3. The van der Waals surface area contributed by atoms with Crippen molar-refractivity contribution in [1.82, 2.24) is 10.6 Å². The van der Waals surface area contributed by atoms with Crippen LogP contribution in [0, 0.1) is 5.92 Å². The first-order valence-electron chi connectivity index (χ1n) is 6.96. The van der Waals surface area contributed by atoms with Crippen molar-refractivity contribution in [2.75, 3.05) is 6.54 Å². The Labute approximate surface area is 130 Å². The lowest BCUT2D eigenvalue weighted by atomic mass is 9.92. The molecule has 2 N–H and O–H groups in total. The number of carbonyl (C=O) groups is 1. The minimum absolute atomic E-state index is 0.0831. The Hall–Kier alpha value is -0.770. The van der Waals surface area contributed by atoms with Crippen LogP contribution in [0.15, 0.2) is 18.2 Å². The fourth-order valence-electron chi connectivity index (χ4n) is 2.63. The van der Waals surface area contributed by atoms with E-state index in [1.807, 2.05) is 13.0 Å². The molecule has 3 atom stereocenters. The molecule has 0 bridgehead atoms. The lowest BCUT2D eigenvalue weighted by molar-refractivity contribution is -0.126. The highest BCUT2D eigenvalue weighted by Crippen LogP contribution is 2.27. The summed E-state index contributed by atoms with van der Waals surface area (Å²) in [5, 5.41) is 7.59. The molecule has 1 fully saturated rings. The summed E-state index contributed by atoms with van der Waals surface area (Å²) in [4.78, 5) is 12.3. The first kappa shape index (κ1) is 15.6. The summed E-state index contributed by atoms with van der Waals surface area (Å²) in [6.07, 6.45) is 1.77. The van der Waals surface area contributed by atoms with Crippen LogP contribution in [0.3, 0.4) is 0 Å². The molecule has 2 rings (SSSR count). The van der Waals surface area contributed by atoms with Crippen LogP contribution >= 0.6 is 23.2 Å². The van der Waals surface area contributed by atoms with Crippen LogP contribution < -0.4 is 10.6 Å². The van der Waals surface area contributed by atoms with Crippen LogP contribution in [0.25, 0.3) is 0 Å². The second-order valence-corrected chi connectivity index (χ2v) is 6.32. The van der Waals surface area contributed by atoms with Crippen molar-refractivity contribution in [1.29, 1.82) is 0 Å². The Kier molecular flexibility index (Phi) is 5.30. The lowest BCUT2D eigenvalue weighted by Gasteiger charge is -2.28. The molecule has 1 amide bonds. The van der Waals surface area contributed by atoms with Gasteiger partial charge in [-0.1, -0.05) is 29.3 Å². The largest absolute Gasteiger partial charge is 0.349 e. The van der Waals surface area contributed by atoms with E-state index >= 15 is 0 Å². The minimum Gasteiger partial charge on any atom is -0.349 e. The number of nitrogens with one attached hydrogen (secondary N) is 2. The van der Waals surface area contributed by atoms with Gasteiger partial charge in [-0.05, 0) is 50.9 Å². The summed E-state index contributed by atoms with van der Waals surface area (Å²) in [6, 6.07) is 5.64. The molecule has 3 unspecified atom stereocenters. The van der Waals surface area contributed by atoms with Crippen molar-refractivity contribution < 1.29 is 4.79 Å². The molecular weight excluding hydrogens is 295 g/mol. The number of hydrogen-bond donors (Lipinski definition) is 2. The second-order valence-electron chi connectivity index (χ2n) is 5.47. The van der Waals surface area contributed by atoms with E-state index in [9.17, 15) is 4.79 Å². The molecular formula is C15H20Cl2N2O. The second kappa shape index (κ2) is 6.79. The van der Waals surface area contributed by atoms with E-state index in [0.717, 1.165) is 24.9 Å². The molecule has 0 aromatic heterocycles. The van der Waals surface area contributed by atoms with Crippen LogP contribution in [0.2, 0.25) is 10.0 Å². The monoisotopic (exact) mass is 314 g/mol. The van der Waals surface area contributed by atoms with Gasteiger partial charge >= 0.3 is 0 Å². The number of halogens is 2. The van der Waals surface area contributed by atoms with Gasteiger partial charge in [0.1, 0.15) is 0 Å². The molecule has 1 aliphatic rings. The molecule has 3 nitrogen and oxygen atoms in total. The third-order valence-electron chi connectivity index (χ3n) is 3.78. The molecule has 1 saturated heterocycles. The van der Waals surface area contributed by atoms with Gasteiger partial charge in [0.25, 0.3) is 0 Å².